The highest BCUT2D eigenvalue weighted by molar-refractivity contribution is 5.60. The molecule has 0 aliphatic rings. The minimum absolute atomic E-state index is 0.211. The number of aromatic nitrogens is 1. The second kappa shape index (κ2) is 4.31. The fourth-order valence-electron chi connectivity index (χ4n) is 1.49. The van der Waals surface area contributed by atoms with E-state index in [9.17, 15) is 4.39 Å². The average molecular weight is 216 g/mol. The van der Waals surface area contributed by atoms with E-state index in [-0.39, 0.29) is 5.82 Å². The zero-order valence-corrected chi connectivity index (χ0v) is 9.29. The van der Waals surface area contributed by atoms with Crippen molar-refractivity contribution in [1.82, 2.24) is 4.98 Å². The Morgan fingerprint density at radius 1 is 1.19 bits per heavy atom. The van der Waals surface area contributed by atoms with E-state index in [1.165, 1.54) is 6.07 Å². The lowest BCUT2D eigenvalue weighted by atomic mass is 10.2. The van der Waals surface area contributed by atoms with Gasteiger partial charge in [-0.2, -0.15) is 0 Å². The molecule has 0 aliphatic heterocycles. The summed E-state index contributed by atoms with van der Waals surface area (Å²) in [6, 6.07) is 8.81. The molecule has 1 aromatic heterocycles. The van der Waals surface area contributed by atoms with Crippen molar-refractivity contribution < 1.29 is 4.39 Å². The Kier molecular flexibility index (Phi) is 2.86. The zero-order chi connectivity index (χ0) is 11.5. The van der Waals surface area contributed by atoms with Crippen LogP contribution in [0.1, 0.15) is 11.1 Å². The van der Waals surface area contributed by atoms with Crippen LogP contribution < -0.4 is 5.32 Å². The Hall–Kier alpha value is -1.90. The number of pyridine rings is 1. The van der Waals surface area contributed by atoms with Crippen molar-refractivity contribution in [2.45, 2.75) is 13.8 Å². The van der Waals surface area contributed by atoms with Crippen molar-refractivity contribution in [3.8, 4) is 0 Å². The number of hydrogen-bond acceptors (Lipinski definition) is 2. The summed E-state index contributed by atoms with van der Waals surface area (Å²) in [6.45, 7) is 3.73. The normalized spacial score (nSPS) is 10.2. The number of aryl methyl sites for hydroxylation is 1. The molecule has 0 fully saturated rings. The van der Waals surface area contributed by atoms with Crippen LogP contribution in [-0.4, -0.2) is 4.98 Å². The zero-order valence-electron chi connectivity index (χ0n) is 9.29. The average Bonchev–Trinajstić information content (AvgIpc) is 2.25. The first-order valence-corrected chi connectivity index (χ1v) is 5.11. The summed E-state index contributed by atoms with van der Waals surface area (Å²) < 4.78 is 13.3. The molecule has 0 unspecified atom stereocenters. The third-order valence-corrected chi connectivity index (χ3v) is 2.45. The van der Waals surface area contributed by atoms with Crippen LogP contribution in [0.2, 0.25) is 0 Å². The van der Waals surface area contributed by atoms with Gasteiger partial charge in [-0.05, 0) is 43.7 Å². The molecular weight excluding hydrogens is 203 g/mol. The number of nitrogens with one attached hydrogen (secondary N) is 1. The molecule has 0 saturated carbocycles. The van der Waals surface area contributed by atoms with Crippen molar-refractivity contribution in [2.24, 2.45) is 0 Å². The van der Waals surface area contributed by atoms with E-state index in [1.807, 2.05) is 25.1 Å². The largest absolute Gasteiger partial charge is 0.340 e. The number of hydrogen-bond donors (Lipinski definition) is 1. The summed E-state index contributed by atoms with van der Waals surface area (Å²) in [4.78, 5) is 4.17. The van der Waals surface area contributed by atoms with E-state index in [0.29, 0.717) is 5.56 Å². The quantitative estimate of drug-likeness (QED) is 0.829. The lowest BCUT2D eigenvalue weighted by Gasteiger charge is -2.09. The summed E-state index contributed by atoms with van der Waals surface area (Å²) in [5, 5.41) is 3.10. The van der Waals surface area contributed by atoms with Crippen LogP contribution in [0.25, 0.3) is 0 Å². The van der Waals surface area contributed by atoms with Crippen LogP contribution in [0.15, 0.2) is 36.5 Å². The molecule has 0 aliphatic carbocycles. The van der Waals surface area contributed by atoms with E-state index in [1.54, 1.807) is 19.2 Å². The van der Waals surface area contributed by atoms with Gasteiger partial charge in [-0.15, -0.1) is 0 Å². The van der Waals surface area contributed by atoms with Crippen LogP contribution >= 0.6 is 0 Å². The standard InChI is InChI=1S/C13H13FN2/c1-9-6-7-15-13(8-9)16-12-5-3-4-11(14)10(12)2/h3-8H,1-2H3,(H,15,16). The van der Waals surface area contributed by atoms with Gasteiger partial charge in [0.25, 0.3) is 0 Å². The summed E-state index contributed by atoms with van der Waals surface area (Å²) in [7, 11) is 0. The third-order valence-electron chi connectivity index (χ3n) is 2.45. The first kappa shape index (κ1) is 10.6. The molecule has 1 aromatic carbocycles. The highest BCUT2D eigenvalue weighted by atomic mass is 19.1. The Morgan fingerprint density at radius 3 is 2.75 bits per heavy atom. The fraction of sp³-hybridized carbons (Fsp3) is 0.154. The SMILES string of the molecule is Cc1ccnc(Nc2cccc(F)c2C)c1. The second-order valence-electron chi connectivity index (χ2n) is 3.76. The summed E-state index contributed by atoms with van der Waals surface area (Å²) >= 11 is 0. The molecule has 1 N–H and O–H groups in total. The van der Waals surface area contributed by atoms with Crippen LogP contribution in [0.3, 0.4) is 0 Å². The Bertz CT molecular complexity index is 509. The predicted molar refractivity (Wildman–Crippen MR) is 63.4 cm³/mol. The van der Waals surface area contributed by atoms with Gasteiger partial charge >= 0.3 is 0 Å². The van der Waals surface area contributed by atoms with Crippen LogP contribution in [0.5, 0.6) is 0 Å². The molecule has 0 radical (unpaired) electrons. The highest BCUT2D eigenvalue weighted by Crippen LogP contribution is 2.21. The van der Waals surface area contributed by atoms with Crippen LogP contribution in [-0.2, 0) is 0 Å². The maximum atomic E-state index is 13.3. The molecule has 2 aromatic rings. The molecule has 0 spiro atoms. The summed E-state index contributed by atoms with van der Waals surface area (Å²) in [5.74, 6) is 0.520. The maximum absolute atomic E-state index is 13.3. The molecule has 0 atom stereocenters. The number of rotatable bonds is 2. The lowest BCUT2D eigenvalue weighted by molar-refractivity contribution is 0.619. The number of nitrogens with zero attached hydrogens (tertiary/aromatic N) is 1. The molecule has 2 nitrogen and oxygen atoms in total. The molecule has 0 bridgehead atoms. The van der Waals surface area contributed by atoms with Gasteiger partial charge in [0.15, 0.2) is 0 Å². The van der Waals surface area contributed by atoms with Gasteiger partial charge in [0.2, 0.25) is 0 Å². The van der Waals surface area contributed by atoms with Gasteiger partial charge in [-0.25, -0.2) is 9.37 Å². The minimum Gasteiger partial charge on any atom is -0.340 e. The third kappa shape index (κ3) is 2.19. The van der Waals surface area contributed by atoms with Gasteiger partial charge in [-0.3, -0.25) is 0 Å². The van der Waals surface area contributed by atoms with E-state index in [4.69, 9.17) is 0 Å². The van der Waals surface area contributed by atoms with Crippen molar-refractivity contribution in [3.63, 3.8) is 0 Å². The minimum atomic E-state index is -0.211. The second-order valence-corrected chi connectivity index (χ2v) is 3.76. The summed E-state index contributed by atoms with van der Waals surface area (Å²) in [5.41, 5.74) is 2.47. The fourth-order valence-corrected chi connectivity index (χ4v) is 1.49. The maximum Gasteiger partial charge on any atom is 0.130 e. The lowest BCUT2D eigenvalue weighted by Crippen LogP contribution is -1.97. The van der Waals surface area contributed by atoms with Gasteiger partial charge < -0.3 is 5.32 Å². The number of halogens is 1. The smallest absolute Gasteiger partial charge is 0.130 e. The molecular formula is C13H13FN2. The topological polar surface area (TPSA) is 24.9 Å². The first-order valence-electron chi connectivity index (χ1n) is 5.11. The molecule has 16 heavy (non-hydrogen) atoms. The Morgan fingerprint density at radius 2 is 2.00 bits per heavy atom. The van der Waals surface area contributed by atoms with Crippen molar-refractivity contribution in [3.05, 3.63) is 53.5 Å². The van der Waals surface area contributed by atoms with Crippen molar-refractivity contribution in [1.29, 1.82) is 0 Å². The molecule has 2 rings (SSSR count). The summed E-state index contributed by atoms with van der Waals surface area (Å²) in [6.07, 6.45) is 1.73. The van der Waals surface area contributed by atoms with Crippen molar-refractivity contribution in [2.75, 3.05) is 5.32 Å². The number of benzene rings is 1. The van der Waals surface area contributed by atoms with Crippen molar-refractivity contribution >= 4 is 11.5 Å². The monoisotopic (exact) mass is 216 g/mol. The van der Waals surface area contributed by atoms with Crippen LogP contribution in [0, 0.1) is 19.7 Å². The van der Waals surface area contributed by atoms with E-state index in [0.717, 1.165) is 17.1 Å². The van der Waals surface area contributed by atoms with Gasteiger partial charge in [-0.1, -0.05) is 6.07 Å². The van der Waals surface area contributed by atoms with E-state index in [2.05, 4.69) is 10.3 Å². The molecule has 3 heteroatoms. The van der Waals surface area contributed by atoms with Gasteiger partial charge in [0.05, 0.1) is 0 Å². The molecule has 82 valence electrons. The van der Waals surface area contributed by atoms with E-state index >= 15 is 0 Å². The molecule has 1 heterocycles. The molecule has 0 saturated heterocycles. The Balaban J connectivity index is 2.31. The highest BCUT2D eigenvalue weighted by Gasteiger charge is 2.03. The van der Waals surface area contributed by atoms with Gasteiger partial charge in [0, 0.05) is 17.4 Å². The Labute approximate surface area is 94.2 Å². The van der Waals surface area contributed by atoms with E-state index < -0.39 is 0 Å². The van der Waals surface area contributed by atoms with Gasteiger partial charge in [0.1, 0.15) is 11.6 Å². The molecule has 0 amide bonds. The van der Waals surface area contributed by atoms with Crippen LogP contribution in [0.4, 0.5) is 15.9 Å². The first-order chi connectivity index (χ1) is 7.66. The number of anilines is 2. The predicted octanol–water partition coefficient (Wildman–Crippen LogP) is 3.58.